The van der Waals surface area contributed by atoms with Gasteiger partial charge in [0.15, 0.2) is 6.10 Å². The van der Waals surface area contributed by atoms with Gasteiger partial charge in [0, 0.05) is 19.3 Å². The SMILES string of the molecule is CC\C=C/C=C\C=C/C=C\C=C\C=C/CCCCCC(=O)OCC(COC(=O)CCCCCCC/C=C\CCCCCCCCC)OC(=O)CCC/C=C\C/C=C\C/C=C\C/C=C\CCCCC. The van der Waals surface area contributed by atoms with Gasteiger partial charge in [-0.2, -0.15) is 0 Å². The van der Waals surface area contributed by atoms with Crippen LogP contribution in [0.25, 0.3) is 0 Å². The second-order valence-corrected chi connectivity index (χ2v) is 17.5. The van der Waals surface area contributed by atoms with Crippen LogP contribution in [0.3, 0.4) is 0 Å². The lowest BCUT2D eigenvalue weighted by atomic mass is 10.1. The first-order chi connectivity index (χ1) is 33.5. The number of hydrogen-bond acceptors (Lipinski definition) is 6. The van der Waals surface area contributed by atoms with Crippen molar-refractivity contribution in [3.05, 3.63) is 134 Å². The normalized spacial score (nSPS) is 13.2. The molecule has 0 fully saturated rings. The Morgan fingerprint density at radius 1 is 0.324 bits per heavy atom. The summed E-state index contributed by atoms with van der Waals surface area (Å²) < 4.78 is 16.7. The van der Waals surface area contributed by atoms with Gasteiger partial charge in [-0.05, 0) is 103 Å². The van der Waals surface area contributed by atoms with Gasteiger partial charge in [-0.25, -0.2) is 0 Å². The van der Waals surface area contributed by atoms with Crippen LogP contribution in [0.2, 0.25) is 0 Å². The summed E-state index contributed by atoms with van der Waals surface area (Å²) in [6, 6.07) is 0. The second kappa shape index (κ2) is 55.1. The van der Waals surface area contributed by atoms with Crippen molar-refractivity contribution in [2.45, 2.75) is 226 Å². The van der Waals surface area contributed by atoms with Crippen LogP contribution >= 0.6 is 0 Å². The van der Waals surface area contributed by atoms with Gasteiger partial charge in [-0.1, -0.05) is 231 Å². The fourth-order valence-corrected chi connectivity index (χ4v) is 6.93. The highest BCUT2D eigenvalue weighted by molar-refractivity contribution is 5.71. The zero-order valence-corrected chi connectivity index (χ0v) is 43.6. The van der Waals surface area contributed by atoms with Crippen LogP contribution in [0.1, 0.15) is 220 Å². The first-order valence-corrected chi connectivity index (χ1v) is 27.3. The predicted octanol–water partition coefficient (Wildman–Crippen LogP) is 18.3. The Bertz CT molecular complexity index is 1500. The summed E-state index contributed by atoms with van der Waals surface area (Å²) in [5.74, 6) is -1.04. The number of allylic oxidation sites excluding steroid dienone is 22. The molecule has 0 saturated heterocycles. The summed E-state index contributed by atoms with van der Waals surface area (Å²) in [5.41, 5.74) is 0. The fraction of sp³-hybridized carbons (Fsp3) is 0.597. The van der Waals surface area contributed by atoms with Crippen molar-refractivity contribution in [1.82, 2.24) is 0 Å². The summed E-state index contributed by atoms with van der Waals surface area (Å²) in [6.07, 6.45) is 77.2. The fourth-order valence-electron chi connectivity index (χ4n) is 6.93. The van der Waals surface area contributed by atoms with Gasteiger partial charge in [-0.15, -0.1) is 0 Å². The average molecular weight is 939 g/mol. The summed E-state index contributed by atoms with van der Waals surface area (Å²) in [4.78, 5) is 38.1. The van der Waals surface area contributed by atoms with Crippen molar-refractivity contribution < 1.29 is 28.6 Å². The van der Waals surface area contributed by atoms with Crippen molar-refractivity contribution in [2.75, 3.05) is 13.2 Å². The van der Waals surface area contributed by atoms with E-state index in [1.54, 1.807) is 0 Å². The molecule has 0 aliphatic carbocycles. The van der Waals surface area contributed by atoms with E-state index in [-0.39, 0.29) is 44.0 Å². The maximum atomic E-state index is 12.8. The highest BCUT2D eigenvalue weighted by Crippen LogP contribution is 2.13. The van der Waals surface area contributed by atoms with E-state index in [0.717, 1.165) is 83.5 Å². The average Bonchev–Trinajstić information content (AvgIpc) is 3.34. The molecule has 0 aliphatic heterocycles. The van der Waals surface area contributed by atoms with E-state index < -0.39 is 6.10 Å². The second-order valence-electron chi connectivity index (χ2n) is 17.5. The Hall–Kier alpha value is -4.45. The van der Waals surface area contributed by atoms with Crippen LogP contribution in [0.5, 0.6) is 0 Å². The molecule has 6 nitrogen and oxygen atoms in total. The molecule has 0 spiro atoms. The van der Waals surface area contributed by atoms with Gasteiger partial charge in [0.25, 0.3) is 0 Å². The van der Waals surface area contributed by atoms with Crippen molar-refractivity contribution >= 4 is 17.9 Å². The molecule has 0 aliphatic rings. The van der Waals surface area contributed by atoms with E-state index in [9.17, 15) is 14.4 Å². The van der Waals surface area contributed by atoms with Crippen molar-refractivity contribution in [1.29, 1.82) is 0 Å². The van der Waals surface area contributed by atoms with Gasteiger partial charge in [-0.3, -0.25) is 14.4 Å². The van der Waals surface area contributed by atoms with Crippen LogP contribution in [-0.4, -0.2) is 37.2 Å². The molecular weight excluding hydrogens is 841 g/mol. The Kier molecular flexibility index (Phi) is 51.5. The molecule has 0 bridgehead atoms. The van der Waals surface area contributed by atoms with Crippen molar-refractivity contribution in [3.63, 3.8) is 0 Å². The number of rotatable bonds is 47. The highest BCUT2D eigenvalue weighted by atomic mass is 16.6. The molecule has 68 heavy (non-hydrogen) atoms. The van der Waals surface area contributed by atoms with Crippen LogP contribution < -0.4 is 0 Å². The summed E-state index contributed by atoms with van der Waals surface area (Å²) in [6.45, 7) is 6.36. The van der Waals surface area contributed by atoms with E-state index in [1.807, 2.05) is 60.8 Å². The Balaban J connectivity index is 4.61. The molecule has 1 atom stereocenters. The summed E-state index contributed by atoms with van der Waals surface area (Å²) in [7, 11) is 0. The van der Waals surface area contributed by atoms with E-state index in [1.165, 1.54) is 83.5 Å². The van der Waals surface area contributed by atoms with Crippen molar-refractivity contribution in [3.8, 4) is 0 Å². The summed E-state index contributed by atoms with van der Waals surface area (Å²) in [5, 5.41) is 0. The van der Waals surface area contributed by atoms with Crippen LogP contribution in [0.4, 0.5) is 0 Å². The van der Waals surface area contributed by atoms with E-state index in [2.05, 4.69) is 93.7 Å². The molecule has 0 aromatic carbocycles. The lowest BCUT2D eigenvalue weighted by Gasteiger charge is -2.18. The molecule has 0 rings (SSSR count). The van der Waals surface area contributed by atoms with Crippen LogP contribution in [-0.2, 0) is 28.6 Å². The third-order valence-corrected chi connectivity index (χ3v) is 11.0. The third kappa shape index (κ3) is 52.5. The van der Waals surface area contributed by atoms with E-state index in [4.69, 9.17) is 14.2 Å². The quantitative estimate of drug-likeness (QED) is 0.0199. The summed E-state index contributed by atoms with van der Waals surface area (Å²) >= 11 is 0. The number of ether oxygens (including phenoxy) is 3. The first-order valence-electron chi connectivity index (χ1n) is 27.3. The lowest BCUT2D eigenvalue weighted by molar-refractivity contribution is -0.167. The molecule has 0 heterocycles. The molecule has 6 heteroatoms. The molecule has 0 saturated carbocycles. The van der Waals surface area contributed by atoms with Gasteiger partial charge in [0.2, 0.25) is 0 Å². The zero-order valence-electron chi connectivity index (χ0n) is 43.6. The zero-order chi connectivity index (χ0) is 49.3. The lowest BCUT2D eigenvalue weighted by Crippen LogP contribution is -2.30. The Morgan fingerprint density at radius 2 is 0.647 bits per heavy atom. The van der Waals surface area contributed by atoms with E-state index in [0.29, 0.717) is 19.3 Å². The minimum absolute atomic E-state index is 0.123. The number of hydrogen-bond donors (Lipinski definition) is 0. The minimum atomic E-state index is -0.834. The number of carbonyl (C=O) groups excluding carboxylic acids is 3. The number of esters is 3. The molecule has 0 amide bonds. The van der Waals surface area contributed by atoms with Crippen molar-refractivity contribution in [2.24, 2.45) is 0 Å². The maximum absolute atomic E-state index is 12.8. The van der Waals surface area contributed by atoms with Gasteiger partial charge >= 0.3 is 17.9 Å². The smallest absolute Gasteiger partial charge is 0.306 e. The Labute approximate surface area is 417 Å². The molecule has 0 aromatic heterocycles. The predicted molar refractivity (Wildman–Crippen MR) is 292 cm³/mol. The minimum Gasteiger partial charge on any atom is -0.462 e. The van der Waals surface area contributed by atoms with Crippen LogP contribution in [0.15, 0.2) is 134 Å². The number of carbonyl (C=O) groups is 3. The van der Waals surface area contributed by atoms with Gasteiger partial charge < -0.3 is 14.2 Å². The van der Waals surface area contributed by atoms with E-state index >= 15 is 0 Å². The molecule has 0 aromatic rings. The third-order valence-electron chi connectivity index (χ3n) is 11.0. The largest absolute Gasteiger partial charge is 0.462 e. The molecular formula is C62H98O6. The number of unbranched alkanes of at least 4 members (excludes halogenated alkanes) is 19. The van der Waals surface area contributed by atoms with Gasteiger partial charge in [0.1, 0.15) is 13.2 Å². The first kappa shape index (κ1) is 63.5. The molecule has 0 N–H and O–H groups in total. The van der Waals surface area contributed by atoms with Crippen LogP contribution in [0, 0.1) is 0 Å². The topological polar surface area (TPSA) is 78.9 Å². The monoisotopic (exact) mass is 939 g/mol. The molecule has 0 radical (unpaired) electrons. The molecule has 382 valence electrons. The standard InChI is InChI=1S/C62H98O6/c1-4-7-10-13-16-19-22-25-28-31-34-37-40-43-46-49-52-55-61(64)67-58-59(57-66-60(63)54-51-48-45-42-39-36-33-30-27-24-21-18-15-12-9-6-3)68-62(65)56-53-50-47-44-41-38-35-32-29-26-23-20-17-14-11-8-5-2/h7,10,13,16-17,19-20,22,25-26,28-31,33-35,37-38,40,44,47,59H,4-6,8-9,11-12,14-15,18,21,23-24,27,32,36,39,41-43,45-46,48-58H2,1-3H3/b10-7-,16-13-,20-17-,22-19-,28-25-,29-26-,33-30-,34-31+,38-35-,40-37-,47-44-. The molecule has 1 unspecified atom stereocenters. The highest BCUT2D eigenvalue weighted by Gasteiger charge is 2.19. The Morgan fingerprint density at radius 3 is 1.13 bits per heavy atom. The maximum Gasteiger partial charge on any atom is 0.306 e. The van der Waals surface area contributed by atoms with Gasteiger partial charge in [0.05, 0.1) is 0 Å².